The molecule has 1 atom stereocenters. The van der Waals surface area contributed by atoms with Crippen molar-refractivity contribution in [3.8, 4) is 0 Å². The zero-order valence-electron chi connectivity index (χ0n) is 14.6. The van der Waals surface area contributed by atoms with Crippen LogP contribution in [0.15, 0.2) is 24.3 Å². The summed E-state index contributed by atoms with van der Waals surface area (Å²) < 4.78 is 0. The second-order valence-corrected chi connectivity index (χ2v) is 7.03. The van der Waals surface area contributed by atoms with Crippen LogP contribution in [0.5, 0.6) is 0 Å². The topological polar surface area (TPSA) is 64.7 Å². The summed E-state index contributed by atoms with van der Waals surface area (Å²) in [6, 6.07) is 8.21. The molecule has 2 N–H and O–H groups in total. The summed E-state index contributed by atoms with van der Waals surface area (Å²) in [5.74, 6) is 0.156. The SMILES string of the molecule is CC(C)N(C)c1cccc(NC(=O)NC2CC(=O)N(C3CC3)C2)c1. The molecule has 1 aromatic rings. The molecule has 1 aliphatic heterocycles. The molecule has 24 heavy (non-hydrogen) atoms. The van der Waals surface area contributed by atoms with Gasteiger partial charge >= 0.3 is 6.03 Å². The Morgan fingerprint density at radius 1 is 1.33 bits per heavy atom. The highest BCUT2D eigenvalue weighted by Crippen LogP contribution is 2.30. The minimum Gasteiger partial charge on any atom is -0.372 e. The van der Waals surface area contributed by atoms with E-state index in [1.165, 1.54) is 0 Å². The Morgan fingerprint density at radius 3 is 2.75 bits per heavy atom. The van der Waals surface area contributed by atoms with Gasteiger partial charge in [0, 0.05) is 43.5 Å². The molecule has 6 heteroatoms. The number of anilines is 2. The van der Waals surface area contributed by atoms with Crippen LogP contribution in [0.25, 0.3) is 0 Å². The van der Waals surface area contributed by atoms with Crippen molar-refractivity contribution in [3.05, 3.63) is 24.3 Å². The number of hydrogen-bond donors (Lipinski definition) is 2. The van der Waals surface area contributed by atoms with Crippen molar-refractivity contribution in [2.24, 2.45) is 0 Å². The fraction of sp³-hybridized carbons (Fsp3) is 0.556. The highest BCUT2D eigenvalue weighted by molar-refractivity contribution is 5.91. The smallest absolute Gasteiger partial charge is 0.319 e. The number of urea groups is 1. The van der Waals surface area contributed by atoms with Gasteiger partial charge in [0.2, 0.25) is 5.91 Å². The molecule has 0 radical (unpaired) electrons. The van der Waals surface area contributed by atoms with E-state index >= 15 is 0 Å². The van der Waals surface area contributed by atoms with Crippen molar-refractivity contribution in [3.63, 3.8) is 0 Å². The van der Waals surface area contributed by atoms with Crippen LogP contribution in [0, 0.1) is 0 Å². The van der Waals surface area contributed by atoms with Crippen molar-refractivity contribution < 1.29 is 9.59 Å². The van der Waals surface area contributed by atoms with Crippen LogP contribution < -0.4 is 15.5 Å². The lowest BCUT2D eigenvalue weighted by Crippen LogP contribution is -2.40. The standard InChI is InChI=1S/C18H26N4O2/c1-12(2)21(3)16-6-4-5-13(9-16)19-18(24)20-14-10-17(23)22(11-14)15-7-8-15/h4-6,9,12,14-15H,7-8,10-11H2,1-3H3,(H2,19,20,24). The van der Waals surface area contributed by atoms with Gasteiger partial charge in [0.1, 0.15) is 0 Å². The Balaban J connectivity index is 1.55. The molecule has 0 spiro atoms. The van der Waals surface area contributed by atoms with E-state index in [0.29, 0.717) is 25.0 Å². The third-order valence-corrected chi connectivity index (χ3v) is 4.77. The lowest BCUT2D eigenvalue weighted by Gasteiger charge is -2.24. The lowest BCUT2D eigenvalue weighted by molar-refractivity contribution is -0.128. The predicted molar refractivity (Wildman–Crippen MR) is 95.3 cm³/mol. The number of rotatable bonds is 5. The fourth-order valence-electron chi connectivity index (χ4n) is 3.02. The van der Waals surface area contributed by atoms with Crippen LogP contribution in [-0.2, 0) is 4.79 Å². The number of amides is 3. The number of benzene rings is 1. The van der Waals surface area contributed by atoms with Crippen LogP contribution in [0.2, 0.25) is 0 Å². The number of nitrogens with one attached hydrogen (secondary N) is 2. The minimum atomic E-state index is -0.255. The molecule has 1 aliphatic carbocycles. The molecule has 1 saturated carbocycles. The highest BCUT2D eigenvalue weighted by Gasteiger charge is 2.39. The maximum absolute atomic E-state index is 12.2. The van der Waals surface area contributed by atoms with Crippen LogP contribution >= 0.6 is 0 Å². The number of nitrogens with zero attached hydrogens (tertiary/aromatic N) is 2. The Labute approximate surface area is 143 Å². The average molecular weight is 330 g/mol. The van der Waals surface area contributed by atoms with Crippen molar-refractivity contribution in [2.45, 2.75) is 51.2 Å². The molecule has 3 rings (SSSR count). The third-order valence-electron chi connectivity index (χ3n) is 4.77. The van der Waals surface area contributed by atoms with Crippen LogP contribution in [-0.4, -0.2) is 48.6 Å². The molecular weight excluding hydrogens is 304 g/mol. The van der Waals surface area contributed by atoms with Gasteiger partial charge in [-0.25, -0.2) is 4.79 Å². The second-order valence-electron chi connectivity index (χ2n) is 7.03. The Kier molecular flexibility index (Phi) is 4.64. The Hall–Kier alpha value is -2.24. The zero-order valence-corrected chi connectivity index (χ0v) is 14.6. The van der Waals surface area contributed by atoms with Gasteiger partial charge in [0.15, 0.2) is 0 Å². The minimum absolute atomic E-state index is 0.0976. The van der Waals surface area contributed by atoms with Crippen LogP contribution in [0.4, 0.5) is 16.2 Å². The third kappa shape index (κ3) is 3.80. The zero-order chi connectivity index (χ0) is 17.3. The second kappa shape index (κ2) is 6.71. The van der Waals surface area contributed by atoms with E-state index in [9.17, 15) is 9.59 Å². The Morgan fingerprint density at radius 2 is 2.08 bits per heavy atom. The summed E-state index contributed by atoms with van der Waals surface area (Å²) in [7, 11) is 2.03. The summed E-state index contributed by atoms with van der Waals surface area (Å²) >= 11 is 0. The largest absolute Gasteiger partial charge is 0.372 e. The first kappa shape index (κ1) is 16.6. The van der Waals surface area contributed by atoms with Crippen molar-refractivity contribution >= 4 is 23.3 Å². The summed E-state index contributed by atoms with van der Waals surface area (Å²) in [5, 5.41) is 5.79. The normalized spacial score (nSPS) is 20.4. The van der Waals surface area contributed by atoms with Gasteiger partial charge in [-0.3, -0.25) is 4.79 Å². The maximum atomic E-state index is 12.2. The molecule has 130 valence electrons. The average Bonchev–Trinajstić information content (AvgIpc) is 3.30. The summed E-state index contributed by atoms with van der Waals surface area (Å²) in [6.45, 7) is 4.87. The van der Waals surface area contributed by atoms with E-state index in [0.717, 1.165) is 24.2 Å². The molecule has 1 aromatic carbocycles. The van der Waals surface area contributed by atoms with Gasteiger partial charge in [0.25, 0.3) is 0 Å². The molecular formula is C18H26N4O2. The van der Waals surface area contributed by atoms with Crippen molar-refractivity contribution in [1.29, 1.82) is 0 Å². The number of carbonyl (C=O) groups excluding carboxylic acids is 2. The molecule has 3 amide bonds. The van der Waals surface area contributed by atoms with Crippen molar-refractivity contribution in [1.82, 2.24) is 10.2 Å². The van der Waals surface area contributed by atoms with Gasteiger partial charge in [0.05, 0.1) is 6.04 Å². The van der Waals surface area contributed by atoms with E-state index in [1.54, 1.807) is 0 Å². The highest BCUT2D eigenvalue weighted by atomic mass is 16.2. The predicted octanol–water partition coefficient (Wildman–Crippen LogP) is 2.42. The number of hydrogen-bond acceptors (Lipinski definition) is 3. The van der Waals surface area contributed by atoms with E-state index in [1.807, 2.05) is 36.2 Å². The van der Waals surface area contributed by atoms with E-state index in [4.69, 9.17) is 0 Å². The molecule has 1 saturated heterocycles. The lowest BCUT2D eigenvalue weighted by atomic mass is 10.2. The molecule has 6 nitrogen and oxygen atoms in total. The molecule has 2 fully saturated rings. The van der Waals surface area contributed by atoms with Gasteiger partial charge in [-0.15, -0.1) is 0 Å². The number of carbonyl (C=O) groups is 2. The van der Waals surface area contributed by atoms with E-state index in [2.05, 4.69) is 29.4 Å². The maximum Gasteiger partial charge on any atom is 0.319 e. The van der Waals surface area contributed by atoms with E-state index in [-0.39, 0.29) is 18.0 Å². The molecule has 2 aliphatic rings. The molecule has 0 bridgehead atoms. The summed E-state index contributed by atoms with van der Waals surface area (Å²) in [5.41, 5.74) is 1.81. The van der Waals surface area contributed by atoms with Crippen LogP contribution in [0.3, 0.4) is 0 Å². The summed E-state index contributed by atoms with van der Waals surface area (Å²) in [4.78, 5) is 28.2. The van der Waals surface area contributed by atoms with Gasteiger partial charge in [-0.05, 0) is 44.9 Å². The fourth-order valence-corrected chi connectivity index (χ4v) is 3.02. The van der Waals surface area contributed by atoms with E-state index < -0.39 is 0 Å². The summed E-state index contributed by atoms with van der Waals surface area (Å²) in [6.07, 6.45) is 2.60. The van der Waals surface area contributed by atoms with Gasteiger partial charge in [-0.1, -0.05) is 6.07 Å². The first-order valence-electron chi connectivity index (χ1n) is 8.64. The monoisotopic (exact) mass is 330 g/mol. The van der Waals surface area contributed by atoms with Crippen molar-refractivity contribution in [2.75, 3.05) is 23.8 Å². The Bertz CT molecular complexity index is 627. The van der Waals surface area contributed by atoms with Crippen LogP contribution in [0.1, 0.15) is 33.1 Å². The molecule has 1 unspecified atom stereocenters. The first-order valence-corrected chi connectivity index (χ1v) is 8.64. The van der Waals surface area contributed by atoms with Gasteiger partial charge in [-0.2, -0.15) is 0 Å². The molecule has 1 heterocycles. The van der Waals surface area contributed by atoms with Gasteiger partial charge < -0.3 is 20.4 Å². The molecule has 0 aromatic heterocycles. The number of likely N-dealkylation sites (tertiary alicyclic amines) is 1. The quantitative estimate of drug-likeness (QED) is 0.871. The first-order chi connectivity index (χ1) is 11.4.